The van der Waals surface area contributed by atoms with Crippen LogP contribution in [0.4, 0.5) is 0 Å². The van der Waals surface area contributed by atoms with Crippen LogP contribution < -0.4 is 0 Å². The highest BCUT2D eigenvalue weighted by Crippen LogP contribution is 1.95. The second-order valence-corrected chi connectivity index (χ2v) is 1.80. The average molecular weight is 106 g/mol. The molecule has 0 nitrogen and oxygen atoms in total. The predicted octanol–water partition coefficient (Wildman–Crippen LogP) is 2.45. The summed E-state index contributed by atoms with van der Waals surface area (Å²) >= 11 is 0. The van der Waals surface area contributed by atoms with Crippen molar-refractivity contribution in [2.75, 3.05) is 0 Å². The van der Waals surface area contributed by atoms with Crippen molar-refractivity contribution in [3.63, 3.8) is 0 Å². The van der Waals surface area contributed by atoms with E-state index in [1.54, 1.807) is 0 Å². The Bertz CT molecular complexity index is 111. The lowest BCUT2D eigenvalue weighted by Crippen LogP contribution is -1.64. The van der Waals surface area contributed by atoms with Gasteiger partial charge in [0.2, 0.25) is 0 Å². The van der Waals surface area contributed by atoms with Crippen molar-refractivity contribution in [1.29, 1.82) is 0 Å². The Kier molecular flexibility index (Phi) is 2.18. The molecule has 0 aromatic carbocycles. The summed E-state index contributed by atoms with van der Waals surface area (Å²) in [5, 5.41) is 0. The van der Waals surface area contributed by atoms with Gasteiger partial charge in [-0.15, -0.1) is 0 Å². The quantitative estimate of drug-likeness (QED) is 0.416. The van der Waals surface area contributed by atoms with Gasteiger partial charge in [-0.1, -0.05) is 36.5 Å². The first kappa shape index (κ1) is 5.36. The highest BCUT2D eigenvalue weighted by Gasteiger charge is 1.74. The van der Waals surface area contributed by atoms with E-state index in [-0.39, 0.29) is 0 Å². The Hall–Kier alpha value is -0.780. The molecule has 0 saturated carbocycles. The van der Waals surface area contributed by atoms with Gasteiger partial charge in [0.25, 0.3) is 0 Å². The zero-order valence-electron chi connectivity index (χ0n) is 4.88. The van der Waals surface area contributed by atoms with Crippen molar-refractivity contribution in [2.24, 2.45) is 0 Å². The van der Waals surface area contributed by atoms with Crippen molar-refractivity contribution in [2.45, 2.75) is 12.8 Å². The van der Waals surface area contributed by atoms with Crippen LogP contribution in [0.2, 0.25) is 0 Å². The molecule has 42 valence electrons. The van der Waals surface area contributed by atoms with E-state index in [1.807, 2.05) is 0 Å². The van der Waals surface area contributed by atoms with Gasteiger partial charge < -0.3 is 0 Å². The van der Waals surface area contributed by atoms with Gasteiger partial charge in [0.05, 0.1) is 0 Å². The smallest absolute Gasteiger partial charge is 0.0166 e. The maximum atomic E-state index is 2.18. The van der Waals surface area contributed by atoms with Gasteiger partial charge in [-0.3, -0.25) is 0 Å². The van der Waals surface area contributed by atoms with Crippen LogP contribution >= 0.6 is 0 Å². The molecule has 0 atom stereocenters. The van der Waals surface area contributed by atoms with Crippen molar-refractivity contribution in [3.8, 4) is 0 Å². The lowest BCUT2D eigenvalue weighted by atomic mass is 10.2. The van der Waals surface area contributed by atoms with E-state index in [4.69, 9.17) is 0 Å². The van der Waals surface area contributed by atoms with Gasteiger partial charge in [0.1, 0.15) is 0 Å². The molecule has 0 unspecified atom stereocenters. The largest absolute Gasteiger partial charge is 0.0844 e. The molecule has 0 fully saturated rings. The Balaban J connectivity index is 2.51. The van der Waals surface area contributed by atoms with Crippen LogP contribution in [0.25, 0.3) is 0 Å². The topological polar surface area (TPSA) is 0 Å². The maximum absolute atomic E-state index is 2.18. The Labute approximate surface area is 50.2 Å². The number of hydrogen-bond donors (Lipinski definition) is 0. The lowest BCUT2D eigenvalue weighted by molar-refractivity contribution is 1.29. The van der Waals surface area contributed by atoms with E-state index in [0.29, 0.717) is 0 Å². The molecular formula is C8H10. The zero-order chi connectivity index (χ0) is 5.66. The first-order valence-corrected chi connectivity index (χ1v) is 2.97. The third-order valence-corrected chi connectivity index (χ3v) is 1.09. The summed E-state index contributed by atoms with van der Waals surface area (Å²) < 4.78 is 0. The van der Waals surface area contributed by atoms with E-state index in [1.165, 1.54) is 0 Å². The van der Waals surface area contributed by atoms with Gasteiger partial charge in [-0.05, 0) is 12.8 Å². The van der Waals surface area contributed by atoms with Gasteiger partial charge in [0, 0.05) is 0 Å². The summed E-state index contributed by atoms with van der Waals surface area (Å²) in [5.41, 5.74) is 0. The van der Waals surface area contributed by atoms with Crippen LogP contribution in [0, 0.1) is 0 Å². The maximum Gasteiger partial charge on any atom is -0.0166 e. The van der Waals surface area contributed by atoms with E-state index >= 15 is 0 Å². The molecule has 8 heavy (non-hydrogen) atoms. The van der Waals surface area contributed by atoms with E-state index in [2.05, 4.69) is 36.5 Å². The molecule has 0 heteroatoms. The first-order valence-electron chi connectivity index (χ1n) is 2.97. The number of rotatable bonds is 0. The predicted molar refractivity (Wildman–Crippen MR) is 36.7 cm³/mol. The van der Waals surface area contributed by atoms with Crippen LogP contribution in [0.3, 0.4) is 0 Å². The highest BCUT2D eigenvalue weighted by atomic mass is 13.8. The summed E-state index contributed by atoms with van der Waals surface area (Å²) in [5.74, 6) is 0. The second kappa shape index (κ2) is 3.25. The van der Waals surface area contributed by atoms with Crippen molar-refractivity contribution in [3.05, 3.63) is 36.5 Å². The molecule has 1 aliphatic carbocycles. The fourth-order valence-corrected chi connectivity index (χ4v) is 0.664. The van der Waals surface area contributed by atoms with Gasteiger partial charge >= 0.3 is 0 Å². The highest BCUT2D eigenvalue weighted by molar-refractivity contribution is 5.09. The zero-order valence-corrected chi connectivity index (χ0v) is 4.88. The third-order valence-electron chi connectivity index (χ3n) is 1.09. The molecule has 1 aliphatic rings. The molecule has 0 aromatic heterocycles. The second-order valence-electron chi connectivity index (χ2n) is 1.80. The van der Waals surface area contributed by atoms with Crippen molar-refractivity contribution >= 4 is 0 Å². The standard InChI is InChI=1S/C8H10/c1-2-4-6-8-7-5-3-1/h1-4,7-8H,5-6H2/b3-1-,4-2?,8-7?. The molecule has 0 bridgehead atoms. The van der Waals surface area contributed by atoms with E-state index < -0.39 is 0 Å². The fraction of sp³-hybridized carbons (Fsp3) is 0.250. The van der Waals surface area contributed by atoms with E-state index in [9.17, 15) is 0 Å². The summed E-state index contributed by atoms with van der Waals surface area (Å²) in [4.78, 5) is 0. The van der Waals surface area contributed by atoms with Crippen molar-refractivity contribution in [1.82, 2.24) is 0 Å². The molecule has 0 heterocycles. The Morgan fingerprint density at radius 1 is 0.625 bits per heavy atom. The average Bonchev–Trinajstić information content (AvgIpc) is 1.62. The molecule has 0 saturated heterocycles. The number of allylic oxidation sites excluding steroid dienone is 6. The van der Waals surface area contributed by atoms with Crippen LogP contribution in [0.15, 0.2) is 36.5 Å². The van der Waals surface area contributed by atoms with E-state index in [0.717, 1.165) is 12.8 Å². The molecule has 1 rings (SSSR count). The van der Waals surface area contributed by atoms with Gasteiger partial charge in [0.15, 0.2) is 0 Å². The molecule has 0 spiro atoms. The van der Waals surface area contributed by atoms with Crippen LogP contribution in [-0.4, -0.2) is 0 Å². The normalized spacial score (nSPS) is 22.0. The minimum atomic E-state index is 1.09. The molecule has 0 aromatic rings. The molecule has 0 amide bonds. The number of hydrogen-bond acceptors (Lipinski definition) is 0. The van der Waals surface area contributed by atoms with Gasteiger partial charge in [-0.2, -0.15) is 0 Å². The van der Waals surface area contributed by atoms with Crippen LogP contribution in [-0.2, 0) is 0 Å². The molecular weight excluding hydrogens is 96.1 g/mol. The lowest BCUT2D eigenvalue weighted by Gasteiger charge is -1.85. The van der Waals surface area contributed by atoms with Crippen LogP contribution in [0.1, 0.15) is 12.8 Å². The van der Waals surface area contributed by atoms with Crippen LogP contribution in [0.5, 0.6) is 0 Å². The minimum absolute atomic E-state index is 1.09. The Morgan fingerprint density at radius 2 is 1.12 bits per heavy atom. The molecule has 0 aliphatic heterocycles. The first-order chi connectivity index (χ1) is 4.00. The Morgan fingerprint density at radius 3 is 1.62 bits per heavy atom. The fourth-order valence-electron chi connectivity index (χ4n) is 0.664. The molecule has 0 N–H and O–H groups in total. The summed E-state index contributed by atoms with van der Waals surface area (Å²) in [7, 11) is 0. The summed E-state index contributed by atoms with van der Waals surface area (Å²) in [6.45, 7) is 0. The summed E-state index contributed by atoms with van der Waals surface area (Å²) in [6, 6.07) is 0. The van der Waals surface area contributed by atoms with Gasteiger partial charge in [-0.25, -0.2) is 0 Å². The minimum Gasteiger partial charge on any atom is -0.0844 e. The van der Waals surface area contributed by atoms with Crippen molar-refractivity contribution < 1.29 is 0 Å². The summed E-state index contributed by atoms with van der Waals surface area (Å²) in [6.07, 6.45) is 15.0. The third kappa shape index (κ3) is 1.78. The molecule has 0 radical (unpaired) electrons. The monoisotopic (exact) mass is 106 g/mol. The SMILES string of the molecule is C1=CCC=CC/C=C\1.